The second-order valence-corrected chi connectivity index (χ2v) is 11.7. The van der Waals surface area contributed by atoms with E-state index in [1.165, 1.54) is 12.1 Å². The van der Waals surface area contributed by atoms with Gasteiger partial charge in [0.25, 0.3) is 0 Å². The highest BCUT2D eigenvalue weighted by Crippen LogP contribution is 2.50. The highest BCUT2D eigenvalue weighted by atomic mass is 31.2. The molecule has 230 valence electrons. The summed E-state index contributed by atoms with van der Waals surface area (Å²) in [5.74, 6) is -1.40. The van der Waals surface area contributed by atoms with E-state index in [-0.39, 0.29) is 43.5 Å². The van der Waals surface area contributed by atoms with Crippen LogP contribution in [-0.4, -0.2) is 43.0 Å². The zero-order valence-electron chi connectivity index (χ0n) is 24.4. The van der Waals surface area contributed by atoms with E-state index in [2.05, 4.69) is 5.32 Å². The van der Waals surface area contributed by atoms with Crippen molar-refractivity contribution in [3.05, 3.63) is 99.4 Å². The maximum Gasteiger partial charge on any atom is 0.530 e. The van der Waals surface area contributed by atoms with Crippen LogP contribution < -0.4 is 15.5 Å². The summed E-state index contributed by atoms with van der Waals surface area (Å²) >= 11 is 0. The number of benzene rings is 3. The van der Waals surface area contributed by atoms with Crippen molar-refractivity contribution in [3.63, 3.8) is 0 Å². The number of nitrogens with one attached hydrogen (secondary N) is 1. The van der Waals surface area contributed by atoms with Gasteiger partial charge in [0.15, 0.2) is 0 Å². The monoisotopic (exact) mass is 621 g/mol. The van der Waals surface area contributed by atoms with Crippen LogP contribution in [0.1, 0.15) is 42.0 Å². The molecule has 11 nitrogen and oxygen atoms in total. The molecule has 0 fully saturated rings. The number of aryl methyl sites for hydroxylation is 1. The van der Waals surface area contributed by atoms with Crippen molar-refractivity contribution in [1.82, 2.24) is 5.32 Å². The van der Waals surface area contributed by atoms with Gasteiger partial charge in [-0.2, -0.15) is 0 Å². The SMILES string of the molecule is CCOP(=O)(OCC)Oc1cc2oc(=O)cc(C[C@H](NC(=O)OCC3c4ccccc4-c4ccccc43)C(=O)O)c2cc1C. The van der Waals surface area contributed by atoms with E-state index in [0.717, 1.165) is 22.3 Å². The van der Waals surface area contributed by atoms with E-state index >= 15 is 0 Å². The van der Waals surface area contributed by atoms with Gasteiger partial charge in [-0.3, -0.25) is 9.05 Å². The van der Waals surface area contributed by atoms with Crippen LogP contribution in [0.3, 0.4) is 0 Å². The lowest BCUT2D eigenvalue weighted by atomic mass is 9.98. The van der Waals surface area contributed by atoms with Crippen LogP contribution in [0, 0.1) is 6.92 Å². The summed E-state index contributed by atoms with van der Waals surface area (Å²) in [7, 11) is -3.93. The van der Waals surface area contributed by atoms with E-state index < -0.39 is 31.6 Å². The van der Waals surface area contributed by atoms with Gasteiger partial charge in [0, 0.05) is 29.9 Å². The maximum atomic E-state index is 12.9. The molecule has 44 heavy (non-hydrogen) atoms. The Morgan fingerprint density at radius 1 is 0.977 bits per heavy atom. The van der Waals surface area contributed by atoms with Crippen molar-refractivity contribution < 1.29 is 42.0 Å². The quantitative estimate of drug-likeness (QED) is 0.138. The van der Waals surface area contributed by atoms with Gasteiger partial charge in [0.2, 0.25) is 0 Å². The molecule has 1 aliphatic carbocycles. The first kappa shape index (κ1) is 31.0. The van der Waals surface area contributed by atoms with E-state index in [4.69, 9.17) is 22.7 Å². The summed E-state index contributed by atoms with van der Waals surface area (Å²) in [5.41, 5.74) is 4.32. The van der Waals surface area contributed by atoms with Gasteiger partial charge in [0.1, 0.15) is 24.0 Å². The summed E-state index contributed by atoms with van der Waals surface area (Å²) in [5, 5.41) is 12.8. The minimum Gasteiger partial charge on any atom is -0.480 e. The Kier molecular flexibility index (Phi) is 9.20. The zero-order chi connectivity index (χ0) is 31.4. The molecule has 1 amide bonds. The summed E-state index contributed by atoms with van der Waals surface area (Å²) in [6, 6.07) is 18.5. The molecule has 1 heterocycles. The molecule has 0 saturated heterocycles. The van der Waals surface area contributed by atoms with Gasteiger partial charge < -0.3 is 24.1 Å². The van der Waals surface area contributed by atoms with Gasteiger partial charge in [-0.25, -0.2) is 18.9 Å². The van der Waals surface area contributed by atoms with E-state index in [9.17, 15) is 24.1 Å². The average Bonchev–Trinajstić information content (AvgIpc) is 3.30. The summed E-state index contributed by atoms with van der Waals surface area (Å²) in [6.45, 7) is 5.13. The lowest BCUT2D eigenvalue weighted by Gasteiger charge is -2.19. The molecule has 0 bridgehead atoms. The molecule has 0 spiro atoms. The Labute approximate surface area is 253 Å². The predicted molar refractivity (Wildman–Crippen MR) is 162 cm³/mol. The summed E-state index contributed by atoms with van der Waals surface area (Å²) in [6.07, 6.45) is -1.14. The van der Waals surface area contributed by atoms with Crippen molar-refractivity contribution in [1.29, 1.82) is 0 Å². The number of hydrogen-bond acceptors (Lipinski definition) is 9. The van der Waals surface area contributed by atoms with E-state index in [0.29, 0.717) is 16.5 Å². The Morgan fingerprint density at radius 2 is 1.59 bits per heavy atom. The molecular weight excluding hydrogens is 589 g/mol. The predicted octanol–water partition coefficient (Wildman–Crippen LogP) is 6.20. The molecule has 1 aromatic heterocycles. The first-order valence-corrected chi connectivity index (χ1v) is 15.6. The molecular formula is C32H32NO10P. The minimum absolute atomic E-state index is 0.0133. The lowest BCUT2D eigenvalue weighted by molar-refractivity contribution is -0.139. The molecule has 12 heteroatoms. The number of hydrogen-bond donors (Lipinski definition) is 2. The number of ether oxygens (including phenoxy) is 1. The highest BCUT2D eigenvalue weighted by Gasteiger charge is 2.31. The second kappa shape index (κ2) is 13.1. The molecule has 0 aliphatic heterocycles. The highest BCUT2D eigenvalue weighted by molar-refractivity contribution is 7.48. The molecule has 4 aromatic rings. The Bertz CT molecular complexity index is 1760. The molecule has 0 saturated carbocycles. The van der Waals surface area contributed by atoms with Crippen LogP contribution in [0.4, 0.5) is 4.79 Å². The molecule has 1 atom stereocenters. The molecule has 0 unspecified atom stereocenters. The topological polar surface area (TPSA) is 151 Å². The fraction of sp³-hybridized carbons (Fsp3) is 0.281. The average molecular weight is 622 g/mol. The Morgan fingerprint density at radius 3 is 2.18 bits per heavy atom. The third-order valence-electron chi connectivity index (χ3n) is 7.27. The third kappa shape index (κ3) is 6.55. The van der Waals surface area contributed by atoms with Crippen LogP contribution in [0.25, 0.3) is 22.1 Å². The van der Waals surface area contributed by atoms with Crippen molar-refractivity contribution >= 4 is 30.9 Å². The molecule has 1 aliphatic rings. The van der Waals surface area contributed by atoms with Gasteiger partial charge in [-0.1, -0.05) is 48.5 Å². The van der Waals surface area contributed by atoms with Crippen molar-refractivity contribution in [2.24, 2.45) is 0 Å². The standard InChI is InChI=1S/C32H32NO10P/c1-4-40-44(38,41-5-2)43-28-17-29-25(14-19(28)3)20(16-30(34)42-29)15-27(31(35)36)33-32(37)39-18-26-23-12-8-6-10-21(23)22-11-7-9-13-24(22)26/h6-14,16-17,26-27H,4-5,15,18H2,1-3H3,(H,33,37)(H,35,36)/t27-/m0/s1. The number of alkyl carbamates (subject to hydrolysis) is 1. The van der Waals surface area contributed by atoms with Crippen LogP contribution >= 0.6 is 7.82 Å². The summed E-state index contributed by atoms with van der Waals surface area (Å²) in [4.78, 5) is 37.5. The number of phosphoric ester groups is 1. The first-order chi connectivity index (χ1) is 21.1. The largest absolute Gasteiger partial charge is 0.530 e. The van der Waals surface area contributed by atoms with Gasteiger partial charge in [-0.15, -0.1) is 0 Å². The number of amides is 1. The number of carboxylic acid groups (broad SMARTS) is 1. The van der Waals surface area contributed by atoms with Gasteiger partial charge in [0.05, 0.1) is 13.2 Å². The molecule has 0 radical (unpaired) electrons. The van der Waals surface area contributed by atoms with Crippen molar-refractivity contribution in [3.8, 4) is 16.9 Å². The molecule has 3 aromatic carbocycles. The number of carbonyl (C=O) groups excluding carboxylic acids is 1. The Hall–Kier alpha value is -4.44. The number of carboxylic acids is 1. The fourth-order valence-corrected chi connectivity index (χ4v) is 6.61. The maximum absolute atomic E-state index is 12.9. The third-order valence-corrected chi connectivity index (χ3v) is 8.84. The van der Waals surface area contributed by atoms with E-state index in [1.54, 1.807) is 26.8 Å². The molecule has 2 N–H and O–H groups in total. The zero-order valence-corrected chi connectivity index (χ0v) is 25.3. The van der Waals surface area contributed by atoms with Crippen LogP contribution in [-0.2, 0) is 29.6 Å². The van der Waals surface area contributed by atoms with E-state index in [1.807, 2.05) is 48.5 Å². The Balaban J connectivity index is 1.34. The second-order valence-electron chi connectivity index (χ2n) is 10.1. The number of phosphoric acid groups is 1. The lowest BCUT2D eigenvalue weighted by Crippen LogP contribution is -2.43. The number of rotatable bonds is 12. The van der Waals surface area contributed by atoms with Gasteiger partial charge in [-0.05, 0) is 60.2 Å². The fourth-order valence-electron chi connectivity index (χ4n) is 5.36. The minimum atomic E-state index is -3.93. The van der Waals surface area contributed by atoms with Gasteiger partial charge >= 0.3 is 25.5 Å². The van der Waals surface area contributed by atoms with Crippen molar-refractivity contribution in [2.45, 2.75) is 39.2 Å². The number of fused-ring (bicyclic) bond motifs is 4. The number of carbonyl (C=O) groups is 2. The normalized spacial score (nSPS) is 13.2. The number of aliphatic carboxylic acids is 1. The van der Waals surface area contributed by atoms with Crippen LogP contribution in [0.5, 0.6) is 5.75 Å². The molecule has 5 rings (SSSR count). The van der Waals surface area contributed by atoms with Crippen LogP contribution in [0.15, 0.2) is 75.9 Å². The van der Waals surface area contributed by atoms with Crippen LogP contribution in [0.2, 0.25) is 0 Å². The smallest absolute Gasteiger partial charge is 0.480 e. The summed E-state index contributed by atoms with van der Waals surface area (Å²) < 4.78 is 39.7. The first-order valence-electron chi connectivity index (χ1n) is 14.1. The van der Waals surface area contributed by atoms with Crippen molar-refractivity contribution in [2.75, 3.05) is 19.8 Å².